The Hall–Kier alpha value is -4.26. The van der Waals surface area contributed by atoms with Crippen LogP contribution in [0.3, 0.4) is 0 Å². The van der Waals surface area contributed by atoms with E-state index in [1.807, 2.05) is 6.07 Å². The van der Waals surface area contributed by atoms with Gasteiger partial charge in [-0.2, -0.15) is 4.98 Å². The van der Waals surface area contributed by atoms with E-state index in [1.54, 1.807) is 60.8 Å². The van der Waals surface area contributed by atoms with Crippen molar-refractivity contribution in [1.82, 2.24) is 9.97 Å². The Labute approximate surface area is 170 Å². The Bertz CT molecular complexity index is 1340. The number of carbonyl (C=O) groups excluding carboxylic acids is 1. The molecule has 3 aromatic heterocycles. The second-order valence-electron chi connectivity index (χ2n) is 6.55. The van der Waals surface area contributed by atoms with Gasteiger partial charge in [0.05, 0.1) is 0 Å². The molecule has 0 aliphatic heterocycles. The summed E-state index contributed by atoms with van der Waals surface area (Å²) in [5, 5.41) is 2.79. The number of oxazole rings is 1. The SMILES string of the molecule is O=C(Nc1cccc(-c2nc3ncccc3o2)c1)c1ccc(-c2cccc(F)c2)o1. The van der Waals surface area contributed by atoms with E-state index in [-0.39, 0.29) is 11.6 Å². The van der Waals surface area contributed by atoms with Crippen molar-refractivity contribution in [3.63, 3.8) is 0 Å². The zero-order chi connectivity index (χ0) is 20.5. The Morgan fingerprint density at radius 1 is 0.900 bits per heavy atom. The highest BCUT2D eigenvalue weighted by Gasteiger charge is 2.14. The average molecular weight is 399 g/mol. The molecule has 0 radical (unpaired) electrons. The lowest BCUT2D eigenvalue weighted by Crippen LogP contribution is -2.10. The maximum Gasteiger partial charge on any atom is 0.291 e. The number of amides is 1. The standard InChI is InChI=1S/C23H14FN3O3/c24-16-6-1-4-14(12-16)18-9-10-20(29-18)22(28)26-17-7-2-5-15(13-17)23-27-21-19(30-23)8-3-11-25-21/h1-13H,(H,26,28). The number of nitrogens with zero attached hydrogens (tertiary/aromatic N) is 2. The van der Waals surface area contributed by atoms with Crippen LogP contribution in [0.15, 0.2) is 87.8 Å². The number of aromatic nitrogens is 2. The number of hydrogen-bond acceptors (Lipinski definition) is 5. The minimum atomic E-state index is -0.422. The molecule has 6 nitrogen and oxygen atoms in total. The lowest BCUT2D eigenvalue weighted by atomic mass is 10.2. The van der Waals surface area contributed by atoms with Gasteiger partial charge in [-0.3, -0.25) is 4.79 Å². The highest BCUT2D eigenvalue weighted by Crippen LogP contribution is 2.26. The Kier molecular flexibility index (Phi) is 4.33. The molecule has 1 N–H and O–H groups in total. The van der Waals surface area contributed by atoms with E-state index >= 15 is 0 Å². The predicted molar refractivity (Wildman–Crippen MR) is 109 cm³/mol. The van der Waals surface area contributed by atoms with Crippen LogP contribution in [0.25, 0.3) is 34.0 Å². The van der Waals surface area contributed by atoms with Crippen LogP contribution in [0.4, 0.5) is 10.1 Å². The molecule has 5 rings (SSSR count). The first-order chi connectivity index (χ1) is 14.7. The van der Waals surface area contributed by atoms with Crippen LogP contribution in [-0.2, 0) is 0 Å². The zero-order valence-electron chi connectivity index (χ0n) is 15.5. The monoisotopic (exact) mass is 399 g/mol. The predicted octanol–water partition coefficient (Wildman–Crippen LogP) is 5.54. The topological polar surface area (TPSA) is 81.2 Å². The zero-order valence-corrected chi connectivity index (χ0v) is 15.5. The van der Waals surface area contributed by atoms with E-state index in [2.05, 4.69) is 15.3 Å². The summed E-state index contributed by atoms with van der Waals surface area (Å²) in [6.45, 7) is 0. The number of rotatable bonds is 4. The summed E-state index contributed by atoms with van der Waals surface area (Å²) in [5.74, 6) is 0.138. The van der Waals surface area contributed by atoms with Gasteiger partial charge in [-0.1, -0.05) is 18.2 Å². The summed E-state index contributed by atoms with van der Waals surface area (Å²) in [7, 11) is 0. The third-order valence-electron chi connectivity index (χ3n) is 4.47. The molecule has 146 valence electrons. The van der Waals surface area contributed by atoms with Crippen LogP contribution in [0, 0.1) is 5.82 Å². The number of nitrogens with one attached hydrogen (secondary N) is 1. The maximum atomic E-state index is 13.4. The Morgan fingerprint density at radius 2 is 1.77 bits per heavy atom. The number of hydrogen-bond donors (Lipinski definition) is 1. The fourth-order valence-corrected chi connectivity index (χ4v) is 3.07. The molecule has 0 saturated carbocycles. The minimum absolute atomic E-state index is 0.116. The van der Waals surface area contributed by atoms with Crippen molar-refractivity contribution in [2.24, 2.45) is 0 Å². The first-order valence-corrected chi connectivity index (χ1v) is 9.15. The lowest BCUT2D eigenvalue weighted by Gasteiger charge is -2.04. The van der Waals surface area contributed by atoms with E-state index in [0.717, 1.165) is 0 Å². The summed E-state index contributed by atoms with van der Waals surface area (Å²) < 4.78 is 24.7. The number of halogens is 1. The molecule has 0 spiro atoms. The molecule has 7 heteroatoms. The molecule has 0 atom stereocenters. The normalized spacial score (nSPS) is 11.0. The van der Waals surface area contributed by atoms with Crippen molar-refractivity contribution in [2.45, 2.75) is 0 Å². The van der Waals surface area contributed by atoms with Crippen molar-refractivity contribution in [2.75, 3.05) is 5.32 Å². The summed E-state index contributed by atoms with van der Waals surface area (Å²) in [6, 6.07) is 19.8. The van der Waals surface area contributed by atoms with Gasteiger partial charge in [0.1, 0.15) is 11.6 Å². The van der Waals surface area contributed by atoms with E-state index in [9.17, 15) is 9.18 Å². The largest absolute Gasteiger partial charge is 0.451 e. The Balaban J connectivity index is 1.37. The van der Waals surface area contributed by atoms with Gasteiger partial charge in [0, 0.05) is 23.0 Å². The average Bonchev–Trinajstić information content (AvgIpc) is 3.41. The van der Waals surface area contributed by atoms with Crippen LogP contribution >= 0.6 is 0 Å². The molecule has 1 amide bonds. The smallest absolute Gasteiger partial charge is 0.291 e. The molecule has 0 aliphatic rings. The lowest BCUT2D eigenvalue weighted by molar-refractivity contribution is 0.0997. The van der Waals surface area contributed by atoms with Crippen molar-refractivity contribution in [3.8, 4) is 22.8 Å². The number of fused-ring (bicyclic) bond motifs is 1. The van der Waals surface area contributed by atoms with Gasteiger partial charge < -0.3 is 14.2 Å². The van der Waals surface area contributed by atoms with Gasteiger partial charge in [-0.05, 0) is 54.6 Å². The van der Waals surface area contributed by atoms with Crippen molar-refractivity contribution >= 4 is 22.8 Å². The second-order valence-corrected chi connectivity index (χ2v) is 6.55. The number of pyridine rings is 1. The molecule has 5 aromatic rings. The van der Waals surface area contributed by atoms with Gasteiger partial charge >= 0.3 is 0 Å². The van der Waals surface area contributed by atoms with Crippen LogP contribution in [0.1, 0.15) is 10.6 Å². The third kappa shape index (κ3) is 3.44. The summed E-state index contributed by atoms with van der Waals surface area (Å²) >= 11 is 0. The fourth-order valence-electron chi connectivity index (χ4n) is 3.07. The van der Waals surface area contributed by atoms with Gasteiger partial charge in [0.25, 0.3) is 5.91 Å². The number of benzene rings is 2. The Morgan fingerprint density at radius 3 is 2.63 bits per heavy atom. The van der Waals surface area contributed by atoms with Crippen LogP contribution in [0.5, 0.6) is 0 Å². The summed E-state index contributed by atoms with van der Waals surface area (Å²) in [6.07, 6.45) is 1.65. The van der Waals surface area contributed by atoms with Gasteiger partial charge in [-0.25, -0.2) is 9.37 Å². The van der Waals surface area contributed by atoms with E-state index in [4.69, 9.17) is 8.83 Å². The molecule has 2 aromatic carbocycles. The molecule has 0 unspecified atom stereocenters. The van der Waals surface area contributed by atoms with E-state index in [1.165, 1.54) is 12.1 Å². The molecule has 0 aliphatic carbocycles. The summed E-state index contributed by atoms with van der Waals surface area (Å²) in [4.78, 5) is 21.1. The molecule has 30 heavy (non-hydrogen) atoms. The molecule has 0 fully saturated rings. The minimum Gasteiger partial charge on any atom is -0.451 e. The van der Waals surface area contributed by atoms with Gasteiger partial charge in [0.2, 0.25) is 5.89 Å². The number of carbonyl (C=O) groups is 1. The molecule has 3 heterocycles. The van der Waals surface area contributed by atoms with Crippen molar-refractivity contribution < 1.29 is 18.0 Å². The quantitative estimate of drug-likeness (QED) is 0.429. The van der Waals surface area contributed by atoms with Crippen molar-refractivity contribution in [3.05, 3.63) is 90.6 Å². The molecule has 0 bridgehead atoms. The van der Waals surface area contributed by atoms with Crippen molar-refractivity contribution in [1.29, 1.82) is 0 Å². The molecular formula is C23H14FN3O3. The first-order valence-electron chi connectivity index (χ1n) is 9.15. The van der Waals surface area contributed by atoms with Crippen LogP contribution in [-0.4, -0.2) is 15.9 Å². The number of anilines is 1. The van der Waals surface area contributed by atoms with E-state index < -0.39 is 5.91 Å². The highest BCUT2D eigenvalue weighted by molar-refractivity contribution is 6.02. The third-order valence-corrected chi connectivity index (χ3v) is 4.47. The second kappa shape index (κ2) is 7.29. The first kappa shape index (κ1) is 17.8. The summed E-state index contributed by atoms with van der Waals surface area (Å²) in [5.41, 5.74) is 2.91. The van der Waals surface area contributed by atoms with Gasteiger partial charge in [0.15, 0.2) is 17.0 Å². The number of furan rings is 1. The molecular weight excluding hydrogens is 385 g/mol. The molecule has 0 saturated heterocycles. The maximum absolute atomic E-state index is 13.4. The fraction of sp³-hybridized carbons (Fsp3) is 0. The van der Waals surface area contributed by atoms with Crippen LogP contribution < -0.4 is 5.32 Å². The van der Waals surface area contributed by atoms with E-state index in [0.29, 0.717) is 39.7 Å². The van der Waals surface area contributed by atoms with Gasteiger partial charge in [-0.15, -0.1) is 0 Å². The highest BCUT2D eigenvalue weighted by atomic mass is 19.1. The van der Waals surface area contributed by atoms with Crippen LogP contribution in [0.2, 0.25) is 0 Å².